The monoisotopic (exact) mass is 422 g/mol. The third-order valence-corrected chi connectivity index (χ3v) is 6.38. The molecule has 3 aromatic rings. The number of likely N-dealkylation sites (N-methyl/N-ethyl adjacent to an activating group) is 1. The minimum atomic E-state index is 0.293. The molecule has 8 heteroatoms. The van der Waals surface area contributed by atoms with Gasteiger partial charge in [-0.2, -0.15) is 0 Å². The Balaban J connectivity index is 1.69. The minimum absolute atomic E-state index is 0.293. The molecule has 4 rings (SSSR count). The van der Waals surface area contributed by atoms with Crippen molar-refractivity contribution >= 4 is 50.6 Å². The van der Waals surface area contributed by atoms with E-state index in [4.69, 9.17) is 27.9 Å². The Hall–Kier alpha value is -1.60. The smallest absolute Gasteiger partial charge is 0.147 e. The highest BCUT2D eigenvalue weighted by atomic mass is 35.5. The average Bonchev–Trinajstić information content (AvgIpc) is 3.03. The van der Waals surface area contributed by atoms with Crippen LogP contribution in [-0.2, 0) is 25.4 Å². The van der Waals surface area contributed by atoms with Gasteiger partial charge in [0.25, 0.3) is 0 Å². The van der Waals surface area contributed by atoms with Crippen molar-refractivity contribution < 1.29 is 4.74 Å². The van der Waals surface area contributed by atoms with Crippen LogP contribution < -0.4 is 10.1 Å². The molecule has 1 aliphatic rings. The summed E-state index contributed by atoms with van der Waals surface area (Å²) in [5.41, 5.74) is 2.42. The number of fused-ring (bicyclic) bond motifs is 3. The number of nitrogens with zero attached hydrogens (tertiary/aromatic N) is 3. The fourth-order valence-corrected chi connectivity index (χ4v) is 5.08. The zero-order chi connectivity index (χ0) is 19.0. The molecule has 0 saturated carbocycles. The van der Waals surface area contributed by atoms with Crippen molar-refractivity contribution in [2.45, 2.75) is 25.4 Å². The van der Waals surface area contributed by atoms with Crippen LogP contribution in [0.15, 0.2) is 18.2 Å². The summed E-state index contributed by atoms with van der Waals surface area (Å²) in [4.78, 5) is 14.0. The van der Waals surface area contributed by atoms with Crippen LogP contribution in [0, 0.1) is 0 Å². The van der Waals surface area contributed by atoms with Crippen molar-refractivity contribution in [3.8, 4) is 5.75 Å². The molecule has 5 nitrogen and oxygen atoms in total. The lowest BCUT2D eigenvalue weighted by Crippen LogP contribution is -2.25. The highest BCUT2D eigenvalue weighted by Gasteiger charge is 2.23. The van der Waals surface area contributed by atoms with Crippen LogP contribution in [0.1, 0.15) is 21.8 Å². The van der Waals surface area contributed by atoms with Gasteiger partial charge in [0.1, 0.15) is 22.2 Å². The molecule has 0 bridgehead atoms. The van der Waals surface area contributed by atoms with Crippen LogP contribution in [-0.4, -0.2) is 35.6 Å². The van der Waals surface area contributed by atoms with Crippen LogP contribution in [0.3, 0.4) is 0 Å². The van der Waals surface area contributed by atoms with Crippen LogP contribution >= 0.6 is 34.5 Å². The highest BCUT2D eigenvalue weighted by Crippen LogP contribution is 2.37. The summed E-state index contributed by atoms with van der Waals surface area (Å²) < 4.78 is 5.22. The highest BCUT2D eigenvalue weighted by molar-refractivity contribution is 7.19. The second-order valence-corrected chi connectivity index (χ2v) is 8.37. The van der Waals surface area contributed by atoms with E-state index < -0.39 is 0 Å². The third kappa shape index (κ3) is 3.72. The van der Waals surface area contributed by atoms with E-state index in [1.807, 2.05) is 18.2 Å². The Morgan fingerprint density at radius 1 is 1.33 bits per heavy atom. The molecular weight excluding hydrogens is 403 g/mol. The maximum Gasteiger partial charge on any atom is 0.147 e. The summed E-state index contributed by atoms with van der Waals surface area (Å²) >= 11 is 14.0. The van der Waals surface area contributed by atoms with Gasteiger partial charge in [0.05, 0.1) is 23.4 Å². The molecule has 0 saturated heterocycles. The van der Waals surface area contributed by atoms with Gasteiger partial charge in [0.2, 0.25) is 0 Å². The van der Waals surface area contributed by atoms with Crippen LogP contribution in [0.2, 0.25) is 5.02 Å². The summed E-state index contributed by atoms with van der Waals surface area (Å²) in [5, 5.41) is 5.21. The topological polar surface area (TPSA) is 50.3 Å². The van der Waals surface area contributed by atoms with E-state index in [0.29, 0.717) is 29.0 Å². The lowest BCUT2D eigenvalue weighted by Gasteiger charge is -2.22. The lowest BCUT2D eigenvalue weighted by atomic mass is 10.1. The van der Waals surface area contributed by atoms with Crippen molar-refractivity contribution in [2.75, 3.05) is 26.0 Å². The van der Waals surface area contributed by atoms with E-state index in [9.17, 15) is 0 Å². The molecule has 3 heterocycles. The zero-order valence-corrected chi connectivity index (χ0v) is 17.5. The van der Waals surface area contributed by atoms with E-state index in [2.05, 4.69) is 27.2 Å². The molecule has 0 radical (unpaired) electrons. The van der Waals surface area contributed by atoms with Crippen LogP contribution in [0.25, 0.3) is 10.2 Å². The number of methoxy groups -OCH3 is 1. The van der Waals surface area contributed by atoms with Gasteiger partial charge < -0.3 is 15.0 Å². The molecule has 0 spiro atoms. The lowest BCUT2D eigenvalue weighted by molar-refractivity contribution is 0.318. The molecule has 27 heavy (non-hydrogen) atoms. The molecular formula is C19H20Cl2N4OS. The second-order valence-electron chi connectivity index (χ2n) is 6.62. The van der Waals surface area contributed by atoms with E-state index in [1.165, 1.54) is 10.4 Å². The van der Waals surface area contributed by atoms with Crippen molar-refractivity contribution in [1.82, 2.24) is 14.9 Å². The van der Waals surface area contributed by atoms with Crippen molar-refractivity contribution in [3.05, 3.63) is 45.1 Å². The number of nitrogens with one attached hydrogen (secondary N) is 1. The Kier molecular flexibility index (Phi) is 5.41. The van der Waals surface area contributed by atoms with E-state index in [1.54, 1.807) is 18.4 Å². The van der Waals surface area contributed by atoms with E-state index in [0.717, 1.165) is 41.1 Å². The van der Waals surface area contributed by atoms with Crippen molar-refractivity contribution in [1.29, 1.82) is 0 Å². The standard InChI is InChI=1S/C19H20Cl2N4OS/c1-25-6-5-12-15(10-25)27-19-17(12)18(23-16(8-20)24-19)22-9-11-3-4-14(26-2)13(21)7-11/h3-4,7H,5-6,8-10H2,1-2H3,(H,22,23,24). The molecule has 0 unspecified atom stereocenters. The summed E-state index contributed by atoms with van der Waals surface area (Å²) in [5.74, 6) is 2.46. The molecule has 1 N–H and O–H groups in total. The molecule has 0 aliphatic carbocycles. The number of anilines is 1. The van der Waals surface area contributed by atoms with Gasteiger partial charge in [-0.05, 0) is 36.7 Å². The largest absolute Gasteiger partial charge is 0.495 e. The number of hydrogen-bond acceptors (Lipinski definition) is 6. The van der Waals surface area contributed by atoms with Gasteiger partial charge in [-0.3, -0.25) is 0 Å². The number of rotatable bonds is 5. The summed E-state index contributed by atoms with van der Waals surface area (Å²) in [6.07, 6.45) is 1.01. The first-order valence-electron chi connectivity index (χ1n) is 8.71. The Morgan fingerprint density at radius 2 is 2.19 bits per heavy atom. The van der Waals surface area contributed by atoms with Gasteiger partial charge in [-0.25, -0.2) is 9.97 Å². The molecule has 0 amide bonds. The van der Waals surface area contributed by atoms with Gasteiger partial charge >= 0.3 is 0 Å². The molecule has 142 valence electrons. The number of hydrogen-bond donors (Lipinski definition) is 1. The first kappa shape index (κ1) is 18.7. The summed E-state index contributed by atoms with van der Waals surface area (Å²) in [6, 6.07) is 5.78. The fraction of sp³-hybridized carbons (Fsp3) is 0.368. The zero-order valence-electron chi connectivity index (χ0n) is 15.2. The summed E-state index contributed by atoms with van der Waals surface area (Å²) in [7, 11) is 3.76. The SMILES string of the molecule is COc1ccc(CNc2nc(CCl)nc3sc4c(c23)CCN(C)C4)cc1Cl. The average molecular weight is 423 g/mol. The maximum absolute atomic E-state index is 6.25. The number of ether oxygens (including phenoxy) is 1. The number of halogens is 2. The maximum atomic E-state index is 6.25. The van der Waals surface area contributed by atoms with Crippen molar-refractivity contribution in [2.24, 2.45) is 0 Å². The Labute approximate surface area is 172 Å². The van der Waals surface area contributed by atoms with Gasteiger partial charge in [-0.1, -0.05) is 17.7 Å². The third-order valence-electron chi connectivity index (χ3n) is 4.73. The molecule has 1 aliphatic heterocycles. The van der Waals surface area contributed by atoms with Crippen molar-refractivity contribution in [3.63, 3.8) is 0 Å². The van der Waals surface area contributed by atoms with E-state index in [-0.39, 0.29) is 0 Å². The van der Waals surface area contributed by atoms with Crippen LogP contribution in [0.5, 0.6) is 5.75 Å². The molecule has 1 aromatic carbocycles. The number of aromatic nitrogens is 2. The Bertz CT molecular complexity index is 991. The molecule has 0 fully saturated rings. The molecule has 2 aromatic heterocycles. The number of alkyl halides is 1. The Morgan fingerprint density at radius 3 is 2.93 bits per heavy atom. The fourth-order valence-electron chi connectivity index (χ4n) is 3.36. The summed E-state index contributed by atoms with van der Waals surface area (Å²) in [6.45, 7) is 2.62. The number of thiophene rings is 1. The number of benzene rings is 1. The van der Waals surface area contributed by atoms with Crippen LogP contribution in [0.4, 0.5) is 5.82 Å². The normalized spacial score (nSPS) is 14.4. The van der Waals surface area contributed by atoms with Gasteiger partial charge in [-0.15, -0.1) is 22.9 Å². The van der Waals surface area contributed by atoms with E-state index >= 15 is 0 Å². The predicted molar refractivity (Wildman–Crippen MR) is 112 cm³/mol. The second kappa shape index (κ2) is 7.80. The minimum Gasteiger partial charge on any atom is -0.495 e. The van der Waals surface area contributed by atoms with Gasteiger partial charge in [0.15, 0.2) is 0 Å². The predicted octanol–water partition coefficient (Wildman–Crippen LogP) is 4.69. The van der Waals surface area contributed by atoms with Gasteiger partial charge in [0, 0.05) is 24.5 Å². The molecule has 0 atom stereocenters. The first-order chi connectivity index (χ1) is 13.1. The quantitative estimate of drug-likeness (QED) is 0.604. The first-order valence-corrected chi connectivity index (χ1v) is 10.4.